The number of ether oxygens (including phenoxy) is 3. The van der Waals surface area contributed by atoms with E-state index in [-0.39, 0.29) is 5.82 Å². The Morgan fingerprint density at radius 3 is 2.09 bits per heavy atom. The number of piperazine rings is 1. The maximum atomic E-state index is 13.1. The first-order chi connectivity index (χ1) is 15.6. The van der Waals surface area contributed by atoms with E-state index in [1.165, 1.54) is 12.1 Å². The van der Waals surface area contributed by atoms with Gasteiger partial charge in [0.2, 0.25) is 5.75 Å². The van der Waals surface area contributed by atoms with Crippen LogP contribution in [-0.2, 0) is 13.0 Å². The first-order valence-electron chi connectivity index (χ1n) is 10.8. The fourth-order valence-electron chi connectivity index (χ4n) is 3.90. The zero-order valence-corrected chi connectivity index (χ0v) is 19.4. The largest absolute Gasteiger partial charge is 0.493 e. The molecular formula is C24H33FN4O3. The molecule has 1 saturated heterocycles. The standard InChI is InChI=1S/C24H33FN4O3/c1-26-24(27-10-9-18-5-7-20(25)8-6-18)29-13-11-28(12-14-29)17-19-15-21(30-2)23(32-4)22(16-19)31-3/h5-8,15-16H,9-14,17H2,1-4H3,(H,26,27). The Kier molecular flexibility index (Phi) is 8.56. The minimum absolute atomic E-state index is 0.207. The monoisotopic (exact) mass is 444 g/mol. The molecule has 0 saturated carbocycles. The van der Waals surface area contributed by atoms with Crippen LogP contribution >= 0.6 is 0 Å². The summed E-state index contributed by atoms with van der Waals surface area (Å²) in [7, 11) is 6.69. The summed E-state index contributed by atoms with van der Waals surface area (Å²) in [6.45, 7) is 5.19. The lowest BCUT2D eigenvalue weighted by molar-refractivity contribution is 0.172. The molecule has 0 bridgehead atoms. The normalized spacial score (nSPS) is 14.9. The fraction of sp³-hybridized carbons (Fsp3) is 0.458. The number of nitrogens with one attached hydrogen (secondary N) is 1. The van der Waals surface area contributed by atoms with E-state index in [9.17, 15) is 4.39 Å². The maximum absolute atomic E-state index is 13.1. The lowest BCUT2D eigenvalue weighted by Gasteiger charge is -2.36. The molecule has 0 aliphatic carbocycles. The van der Waals surface area contributed by atoms with E-state index in [1.54, 1.807) is 21.3 Å². The molecule has 2 aromatic rings. The van der Waals surface area contributed by atoms with Crippen LogP contribution in [-0.4, -0.2) is 76.9 Å². The molecule has 1 aliphatic heterocycles. The van der Waals surface area contributed by atoms with Crippen molar-refractivity contribution in [2.45, 2.75) is 13.0 Å². The third-order valence-corrected chi connectivity index (χ3v) is 5.62. The molecule has 3 rings (SSSR count). The van der Waals surface area contributed by atoms with Crippen LogP contribution in [0.1, 0.15) is 11.1 Å². The van der Waals surface area contributed by atoms with E-state index in [0.29, 0.717) is 17.2 Å². The van der Waals surface area contributed by atoms with Crippen LogP contribution in [0, 0.1) is 5.82 Å². The number of benzene rings is 2. The van der Waals surface area contributed by atoms with Crippen LogP contribution in [0.4, 0.5) is 4.39 Å². The second-order valence-corrected chi connectivity index (χ2v) is 7.65. The van der Waals surface area contributed by atoms with Crippen LogP contribution in [0.2, 0.25) is 0 Å². The smallest absolute Gasteiger partial charge is 0.203 e. The van der Waals surface area contributed by atoms with Gasteiger partial charge in [0.25, 0.3) is 0 Å². The third kappa shape index (κ3) is 6.03. The van der Waals surface area contributed by atoms with Crippen molar-refractivity contribution >= 4 is 5.96 Å². The van der Waals surface area contributed by atoms with E-state index in [0.717, 1.165) is 62.8 Å². The number of halogens is 1. The molecule has 7 nitrogen and oxygen atoms in total. The summed E-state index contributed by atoms with van der Waals surface area (Å²) in [6.07, 6.45) is 0.820. The molecule has 1 N–H and O–H groups in total. The van der Waals surface area contributed by atoms with Crippen molar-refractivity contribution in [3.05, 3.63) is 53.3 Å². The summed E-state index contributed by atoms with van der Waals surface area (Å²) >= 11 is 0. The molecular weight excluding hydrogens is 411 g/mol. The van der Waals surface area contributed by atoms with Crippen LogP contribution in [0.3, 0.4) is 0 Å². The predicted octanol–water partition coefficient (Wildman–Crippen LogP) is 2.79. The topological polar surface area (TPSA) is 58.6 Å². The molecule has 0 aromatic heterocycles. The molecule has 2 aromatic carbocycles. The van der Waals surface area contributed by atoms with Gasteiger partial charge in [0.05, 0.1) is 21.3 Å². The van der Waals surface area contributed by atoms with Gasteiger partial charge in [-0.3, -0.25) is 9.89 Å². The highest BCUT2D eigenvalue weighted by Gasteiger charge is 2.21. The second kappa shape index (κ2) is 11.6. The summed E-state index contributed by atoms with van der Waals surface area (Å²) in [5.74, 6) is 2.65. The summed E-state index contributed by atoms with van der Waals surface area (Å²) in [4.78, 5) is 9.12. The molecule has 0 spiro atoms. The van der Waals surface area contributed by atoms with Crippen molar-refractivity contribution in [3.63, 3.8) is 0 Å². The van der Waals surface area contributed by atoms with Crippen LogP contribution < -0.4 is 19.5 Å². The van der Waals surface area contributed by atoms with Crippen molar-refractivity contribution in [1.29, 1.82) is 0 Å². The number of guanidine groups is 1. The van der Waals surface area contributed by atoms with Crippen LogP contribution in [0.5, 0.6) is 17.2 Å². The Morgan fingerprint density at radius 1 is 0.938 bits per heavy atom. The summed E-state index contributed by atoms with van der Waals surface area (Å²) in [6, 6.07) is 10.6. The summed E-state index contributed by atoms with van der Waals surface area (Å²) < 4.78 is 29.4. The molecule has 174 valence electrons. The van der Waals surface area contributed by atoms with Gasteiger partial charge in [-0.15, -0.1) is 0 Å². The number of hydrogen-bond donors (Lipinski definition) is 1. The first kappa shape index (κ1) is 23.7. The number of rotatable bonds is 8. The molecule has 0 radical (unpaired) electrons. The van der Waals surface area contributed by atoms with Gasteiger partial charge in [-0.1, -0.05) is 12.1 Å². The van der Waals surface area contributed by atoms with Gasteiger partial charge in [0.15, 0.2) is 17.5 Å². The molecule has 1 aliphatic rings. The van der Waals surface area contributed by atoms with E-state index < -0.39 is 0 Å². The van der Waals surface area contributed by atoms with Gasteiger partial charge in [-0.05, 0) is 41.8 Å². The lowest BCUT2D eigenvalue weighted by atomic mass is 10.1. The Bertz CT molecular complexity index is 872. The zero-order chi connectivity index (χ0) is 22.9. The van der Waals surface area contributed by atoms with Crippen molar-refractivity contribution in [3.8, 4) is 17.2 Å². The van der Waals surface area contributed by atoms with Crippen LogP contribution in [0.15, 0.2) is 41.4 Å². The van der Waals surface area contributed by atoms with Gasteiger partial charge in [-0.25, -0.2) is 4.39 Å². The van der Waals surface area contributed by atoms with Crippen molar-refractivity contribution < 1.29 is 18.6 Å². The third-order valence-electron chi connectivity index (χ3n) is 5.62. The minimum Gasteiger partial charge on any atom is -0.493 e. The second-order valence-electron chi connectivity index (χ2n) is 7.65. The van der Waals surface area contributed by atoms with E-state index in [1.807, 2.05) is 31.3 Å². The Morgan fingerprint density at radius 2 is 1.56 bits per heavy atom. The molecule has 0 amide bonds. The van der Waals surface area contributed by atoms with Crippen LogP contribution in [0.25, 0.3) is 0 Å². The average molecular weight is 445 g/mol. The van der Waals surface area contributed by atoms with Gasteiger partial charge in [0.1, 0.15) is 5.82 Å². The number of hydrogen-bond acceptors (Lipinski definition) is 5. The van der Waals surface area contributed by atoms with Gasteiger partial charge < -0.3 is 24.4 Å². The minimum atomic E-state index is -0.207. The molecule has 1 fully saturated rings. The molecule has 0 unspecified atom stereocenters. The Balaban J connectivity index is 1.51. The highest BCUT2D eigenvalue weighted by Crippen LogP contribution is 2.38. The van der Waals surface area contributed by atoms with Crippen molar-refractivity contribution in [1.82, 2.24) is 15.1 Å². The first-order valence-corrected chi connectivity index (χ1v) is 10.8. The molecule has 8 heteroatoms. The highest BCUT2D eigenvalue weighted by atomic mass is 19.1. The summed E-state index contributed by atoms with van der Waals surface area (Å²) in [5, 5.41) is 3.43. The molecule has 1 heterocycles. The Labute approximate surface area is 189 Å². The van der Waals surface area contributed by atoms with Gasteiger partial charge in [-0.2, -0.15) is 0 Å². The van der Waals surface area contributed by atoms with Crippen molar-refractivity contribution in [2.75, 3.05) is 61.1 Å². The predicted molar refractivity (Wildman–Crippen MR) is 124 cm³/mol. The quantitative estimate of drug-likeness (QED) is 0.499. The van der Waals surface area contributed by atoms with E-state index in [4.69, 9.17) is 14.2 Å². The van der Waals surface area contributed by atoms with E-state index in [2.05, 4.69) is 20.1 Å². The SMILES string of the molecule is CN=C(NCCc1ccc(F)cc1)N1CCN(Cc2cc(OC)c(OC)c(OC)c2)CC1. The molecule has 0 atom stereocenters. The Hall–Kier alpha value is -3.00. The van der Waals surface area contributed by atoms with Gasteiger partial charge >= 0.3 is 0 Å². The number of aliphatic imine (C=N–C) groups is 1. The fourth-order valence-corrected chi connectivity index (χ4v) is 3.90. The lowest BCUT2D eigenvalue weighted by Crippen LogP contribution is -2.52. The highest BCUT2D eigenvalue weighted by molar-refractivity contribution is 5.80. The van der Waals surface area contributed by atoms with Gasteiger partial charge in [0, 0.05) is 46.3 Å². The number of nitrogens with zero attached hydrogens (tertiary/aromatic N) is 3. The number of methoxy groups -OCH3 is 3. The molecule has 32 heavy (non-hydrogen) atoms. The average Bonchev–Trinajstić information content (AvgIpc) is 2.83. The van der Waals surface area contributed by atoms with E-state index >= 15 is 0 Å². The maximum Gasteiger partial charge on any atom is 0.203 e. The van der Waals surface area contributed by atoms with Crippen molar-refractivity contribution in [2.24, 2.45) is 4.99 Å². The zero-order valence-electron chi connectivity index (χ0n) is 19.4. The summed E-state index contributed by atoms with van der Waals surface area (Å²) in [5.41, 5.74) is 2.22.